The predicted molar refractivity (Wildman–Crippen MR) is 71.2 cm³/mol. The molecule has 0 aromatic heterocycles. The molecular weight excluding hydrogens is 234 g/mol. The zero-order chi connectivity index (χ0) is 12.4. The first-order valence-electron chi connectivity index (χ1n) is 5.61. The van der Waals surface area contributed by atoms with E-state index in [0.717, 1.165) is 16.1 Å². The molecular formula is C12H17N3OS. The summed E-state index contributed by atoms with van der Waals surface area (Å²) in [6.45, 7) is 1.97. The Bertz CT molecular complexity index is 434. The number of amides is 1. The highest BCUT2D eigenvalue weighted by Crippen LogP contribution is 2.33. The van der Waals surface area contributed by atoms with Gasteiger partial charge in [0.25, 0.3) is 0 Å². The van der Waals surface area contributed by atoms with Gasteiger partial charge in [-0.1, -0.05) is 6.07 Å². The molecule has 92 valence electrons. The number of nitrogens with two attached hydrogens (primary N) is 1. The molecule has 1 amide bonds. The van der Waals surface area contributed by atoms with Crippen molar-refractivity contribution in [2.75, 3.05) is 18.1 Å². The first-order chi connectivity index (χ1) is 8.11. The summed E-state index contributed by atoms with van der Waals surface area (Å²) in [5.74, 6) is 0.552. The fourth-order valence-corrected chi connectivity index (χ4v) is 2.82. The van der Waals surface area contributed by atoms with Crippen LogP contribution in [0.5, 0.6) is 0 Å². The molecule has 2 rings (SSSR count). The summed E-state index contributed by atoms with van der Waals surface area (Å²) in [6.07, 6.45) is 0. The highest BCUT2D eigenvalue weighted by molar-refractivity contribution is 8.00. The number of hydrogen-bond donors (Lipinski definition) is 3. The molecule has 1 aliphatic heterocycles. The maximum absolute atomic E-state index is 11.3. The molecule has 0 radical (unpaired) electrons. The number of likely N-dealkylation sites (N-methyl/N-ethyl adjacent to an activating group) is 1. The summed E-state index contributed by atoms with van der Waals surface area (Å²) in [4.78, 5) is 12.5. The van der Waals surface area contributed by atoms with E-state index >= 15 is 0 Å². The molecule has 5 heteroatoms. The van der Waals surface area contributed by atoms with Crippen molar-refractivity contribution in [2.24, 2.45) is 5.73 Å². The number of thioether (sulfide) groups is 1. The second-order valence-corrected chi connectivity index (χ2v) is 5.24. The average Bonchev–Trinajstić information content (AvgIpc) is 2.29. The van der Waals surface area contributed by atoms with E-state index in [0.29, 0.717) is 5.75 Å². The molecule has 0 bridgehead atoms. The minimum Gasteiger partial charge on any atom is -0.326 e. The second-order valence-electron chi connectivity index (χ2n) is 4.22. The summed E-state index contributed by atoms with van der Waals surface area (Å²) in [5, 5.41) is 6.08. The van der Waals surface area contributed by atoms with E-state index in [1.165, 1.54) is 0 Å². The van der Waals surface area contributed by atoms with Crippen molar-refractivity contribution in [2.45, 2.75) is 23.9 Å². The summed E-state index contributed by atoms with van der Waals surface area (Å²) < 4.78 is 0. The van der Waals surface area contributed by atoms with Gasteiger partial charge in [0, 0.05) is 17.0 Å². The maximum atomic E-state index is 11.3. The van der Waals surface area contributed by atoms with E-state index < -0.39 is 0 Å². The third-order valence-corrected chi connectivity index (χ3v) is 3.91. The number of carbonyl (C=O) groups is 1. The fraction of sp³-hybridized carbons (Fsp3) is 0.417. The van der Waals surface area contributed by atoms with Gasteiger partial charge in [-0.2, -0.15) is 0 Å². The van der Waals surface area contributed by atoms with Gasteiger partial charge < -0.3 is 16.4 Å². The molecule has 0 spiro atoms. The van der Waals surface area contributed by atoms with Gasteiger partial charge in [0.05, 0.1) is 11.4 Å². The van der Waals surface area contributed by atoms with Crippen LogP contribution in [0.3, 0.4) is 0 Å². The molecule has 2 unspecified atom stereocenters. The van der Waals surface area contributed by atoms with E-state index in [4.69, 9.17) is 5.73 Å². The van der Waals surface area contributed by atoms with E-state index in [2.05, 4.69) is 16.7 Å². The zero-order valence-corrected chi connectivity index (χ0v) is 10.8. The van der Waals surface area contributed by atoms with Gasteiger partial charge in [-0.15, -0.1) is 11.8 Å². The molecule has 1 heterocycles. The number of benzene rings is 1. The number of rotatable bonds is 3. The lowest BCUT2D eigenvalue weighted by atomic mass is 10.0. The molecule has 1 aromatic carbocycles. The van der Waals surface area contributed by atoms with E-state index in [-0.39, 0.29) is 18.0 Å². The van der Waals surface area contributed by atoms with Crippen LogP contribution in [0.2, 0.25) is 0 Å². The van der Waals surface area contributed by atoms with Gasteiger partial charge in [0.15, 0.2) is 0 Å². The Hall–Kier alpha value is -1.04. The first kappa shape index (κ1) is 12.4. The zero-order valence-electron chi connectivity index (χ0n) is 9.99. The van der Waals surface area contributed by atoms with Crippen molar-refractivity contribution in [1.82, 2.24) is 5.32 Å². The van der Waals surface area contributed by atoms with E-state index in [1.807, 2.05) is 26.1 Å². The average molecular weight is 251 g/mol. The summed E-state index contributed by atoms with van der Waals surface area (Å²) in [5.41, 5.74) is 7.92. The van der Waals surface area contributed by atoms with E-state index in [9.17, 15) is 4.79 Å². The lowest BCUT2D eigenvalue weighted by molar-refractivity contribution is -0.113. The number of hydrogen-bond acceptors (Lipinski definition) is 4. The number of anilines is 1. The quantitative estimate of drug-likeness (QED) is 0.758. The van der Waals surface area contributed by atoms with Crippen LogP contribution in [0, 0.1) is 0 Å². The van der Waals surface area contributed by atoms with Crippen LogP contribution in [-0.4, -0.2) is 24.7 Å². The summed E-state index contributed by atoms with van der Waals surface area (Å²) >= 11 is 1.57. The van der Waals surface area contributed by atoms with E-state index in [1.54, 1.807) is 11.8 Å². The van der Waals surface area contributed by atoms with Crippen LogP contribution < -0.4 is 16.4 Å². The minimum atomic E-state index is 0.0185. The van der Waals surface area contributed by atoms with Gasteiger partial charge in [0.1, 0.15) is 0 Å². The standard InChI is InChI=1S/C12H17N3OS/c1-7(13)12(14-2)8-3-4-10-9(5-8)15-11(16)6-17-10/h3-5,7,12,14H,6,13H2,1-2H3,(H,15,16). The SMILES string of the molecule is CNC(c1ccc2c(c1)NC(=O)CS2)C(C)N. The van der Waals surface area contributed by atoms with Crippen molar-refractivity contribution in [3.05, 3.63) is 23.8 Å². The summed E-state index contributed by atoms with van der Waals surface area (Å²) in [6, 6.07) is 6.23. The normalized spacial score (nSPS) is 18.2. The van der Waals surface area contributed by atoms with Crippen LogP contribution in [0.15, 0.2) is 23.1 Å². The number of carbonyl (C=O) groups excluding carboxylic acids is 1. The molecule has 0 saturated carbocycles. The Kier molecular flexibility index (Phi) is 3.71. The third-order valence-electron chi connectivity index (χ3n) is 2.83. The lowest BCUT2D eigenvalue weighted by Crippen LogP contribution is -2.33. The Morgan fingerprint density at radius 1 is 1.53 bits per heavy atom. The molecule has 4 nitrogen and oxygen atoms in total. The highest BCUT2D eigenvalue weighted by atomic mass is 32.2. The molecule has 0 aliphatic carbocycles. The van der Waals surface area contributed by atoms with Crippen molar-refractivity contribution in [3.63, 3.8) is 0 Å². The number of nitrogens with one attached hydrogen (secondary N) is 2. The Morgan fingerprint density at radius 2 is 2.29 bits per heavy atom. The fourth-order valence-electron chi connectivity index (χ4n) is 2.03. The largest absolute Gasteiger partial charge is 0.326 e. The molecule has 17 heavy (non-hydrogen) atoms. The molecule has 1 aromatic rings. The van der Waals surface area contributed by atoms with Crippen molar-refractivity contribution in [3.8, 4) is 0 Å². The molecule has 0 saturated heterocycles. The van der Waals surface area contributed by atoms with Gasteiger partial charge >= 0.3 is 0 Å². The lowest BCUT2D eigenvalue weighted by Gasteiger charge is -2.23. The molecule has 1 aliphatic rings. The minimum absolute atomic E-state index is 0.0185. The predicted octanol–water partition coefficient (Wildman–Crippen LogP) is 1.34. The van der Waals surface area contributed by atoms with Gasteiger partial charge in [0.2, 0.25) is 5.91 Å². The van der Waals surface area contributed by atoms with Crippen molar-refractivity contribution in [1.29, 1.82) is 0 Å². The van der Waals surface area contributed by atoms with Gasteiger partial charge in [-0.3, -0.25) is 4.79 Å². The topological polar surface area (TPSA) is 67.1 Å². The van der Waals surface area contributed by atoms with Crippen LogP contribution in [-0.2, 0) is 4.79 Å². The van der Waals surface area contributed by atoms with Crippen LogP contribution in [0.1, 0.15) is 18.5 Å². The van der Waals surface area contributed by atoms with Gasteiger partial charge in [-0.05, 0) is 31.7 Å². The molecule has 4 N–H and O–H groups in total. The first-order valence-corrected chi connectivity index (χ1v) is 6.60. The third kappa shape index (κ3) is 2.62. The number of fused-ring (bicyclic) bond motifs is 1. The van der Waals surface area contributed by atoms with Crippen LogP contribution >= 0.6 is 11.8 Å². The van der Waals surface area contributed by atoms with Crippen molar-refractivity contribution >= 4 is 23.4 Å². The van der Waals surface area contributed by atoms with Gasteiger partial charge in [-0.25, -0.2) is 0 Å². The Labute approximate surface area is 105 Å². The second kappa shape index (κ2) is 5.08. The molecule has 0 fully saturated rings. The monoisotopic (exact) mass is 251 g/mol. The van der Waals surface area contributed by atoms with Crippen LogP contribution in [0.25, 0.3) is 0 Å². The summed E-state index contributed by atoms with van der Waals surface area (Å²) in [7, 11) is 1.89. The Balaban J connectivity index is 2.32. The Morgan fingerprint density at radius 3 is 2.94 bits per heavy atom. The maximum Gasteiger partial charge on any atom is 0.234 e. The van der Waals surface area contributed by atoms with Crippen LogP contribution in [0.4, 0.5) is 5.69 Å². The van der Waals surface area contributed by atoms with Crippen molar-refractivity contribution < 1.29 is 4.79 Å². The highest BCUT2D eigenvalue weighted by Gasteiger charge is 2.19. The molecule has 2 atom stereocenters. The smallest absolute Gasteiger partial charge is 0.234 e.